The summed E-state index contributed by atoms with van der Waals surface area (Å²) in [5.74, 6) is -2.04. The van der Waals surface area contributed by atoms with Gasteiger partial charge in [-0.05, 0) is 18.1 Å². The van der Waals surface area contributed by atoms with E-state index in [0.29, 0.717) is 0 Å². The third-order valence-corrected chi connectivity index (χ3v) is 2.76. The smallest absolute Gasteiger partial charge is 0.326 e. The number of hydrogen-bond acceptors (Lipinski definition) is 3. The number of carboxylic acids is 1. The molecule has 1 amide bonds. The van der Waals surface area contributed by atoms with Crippen molar-refractivity contribution in [2.75, 3.05) is 0 Å². The van der Waals surface area contributed by atoms with E-state index in [9.17, 15) is 9.59 Å². The predicted octanol–water partition coefficient (Wildman–Crippen LogP) is 2.23. The van der Waals surface area contributed by atoms with Crippen LogP contribution in [0.2, 0.25) is 10.2 Å². The number of nitrogens with zero attached hydrogens (tertiary/aromatic N) is 1. The van der Waals surface area contributed by atoms with Gasteiger partial charge in [-0.2, -0.15) is 0 Å². The van der Waals surface area contributed by atoms with Crippen LogP contribution >= 0.6 is 23.2 Å². The van der Waals surface area contributed by atoms with Crippen molar-refractivity contribution in [3.63, 3.8) is 0 Å². The summed E-state index contributed by atoms with van der Waals surface area (Å²) < 4.78 is 0. The van der Waals surface area contributed by atoms with Gasteiger partial charge in [-0.15, -0.1) is 0 Å². The molecule has 2 N–H and O–H groups in total. The molecule has 5 nitrogen and oxygen atoms in total. The Hall–Kier alpha value is -1.33. The van der Waals surface area contributed by atoms with Crippen molar-refractivity contribution in [2.45, 2.75) is 19.9 Å². The quantitative estimate of drug-likeness (QED) is 0.834. The van der Waals surface area contributed by atoms with Gasteiger partial charge in [-0.1, -0.05) is 37.0 Å². The second-order valence-electron chi connectivity index (χ2n) is 4.00. The molecule has 18 heavy (non-hydrogen) atoms. The molecule has 0 unspecified atom stereocenters. The highest BCUT2D eigenvalue weighted by Crippen LogP contribution is 2.17. The molecule has 1 rings (SSSR count). The normalized spacial score (nSPS) is 12.3. The summed E-state index contributed by atoms with van der Waals surface area (Å²) in [7, 11) is 0. The van der Waals surface area contributed by atoms with Crippen molar-refractivity contribution in [3.05, 3.63) is 28.0 Å². The van der Waals surface area contributed by atoms with Crippen molar-refractivity contribution >= 4 is 35.1 Å². The van der Waals surface area contributed by atoms with Gasteiger partial charge >= 0.3 is 5.97 Å². The fourth-order valence-electron chi connectivity index (χ4n) is 1.30. The summed E-state index contributed by atoms with van der Waals surface area (Å²) >= 11 is 11.5. The molecule has 0 radical (unpaired) electrons. The van der Waals surface area contributed by atoms with Gasteiger partial charge in [0.2, 0.25) is 0 Å². The Morgan fingerprint density at radius 2 is 1.94 bits per heavy atom. The van der Waals surface area contributed by atoms with Crippen LogP contribution < -0.4 is 5.32 Å². The van der Waals surface area contributed by atoms with Crippen LogP contribution in [0.1, 0.15) is 24.3 Å². The van der Waals surface area contributed by atoms with E-state index in [-0.39, 0.29) is 21.8 Å². The second-order valence-corrected chi connectivity index (χ2v) is 4.79. The van der Waals surface area contributed by atoms with Crippen molar-refractivity contribution in [1.29, 1.82) is 0 Å². The van der Waals surface area contributed by atoms with Crippen molar-refractivity contribution in [1.82, 2.24) is 10.3 Å². The molecule has 0 fully saturated rings. The lowest BCUT2D eigenvalue weighted by Gasteiger charge is -2.17. The van der Waals surface area contributed by atoms with Gasteiger partial charge in [0.05, 0.1) is 5.02 Å². The Bertz CT molecular complexity index is 477. The average Bonchev–Trinajstić information content (AvgIpc) is 2.28. The largest absolute Gasteiger partial charge is 0.480 e. The summed E-state index contributed by atoms with van der Waals surface area (Å²) in [5, 5.41) is 11.6. The van der Waals surface area contributed by atoms with Gasteiger partial charge in [0.15, 0.2) is 0 Å². The molecule has 0 saturated carbocycles. The highest BCUT2D eigenvalue weighted by atomic mass is 35.5. The minimum absolute atomic E-state index is 0.0870. The lowest BCUT2D eigenvalue weighted by Crippen LogP contribution is -2.44. The van der Waals surface area contributed by atoms with Gasteiger partial charge in [-0.25, -0.2) is 9.78 Å². The third kappa shape index (κ3) is 3.58. The molecule has 0 saturated heterocycles. The lowest BCUT2D eigenvalue weighted by molar-refractivity contribution is -0.140. The molecule has 0 aliphatic heterocycles. The molecule has 0 bridgehead atoms. The molecular formula is C11H12Cl2N2O3. The number of nitrogens with one attached hydrogen (secondary N) is 1. The minimum Gasteiger partial charge on any atom is -0.480 e. The Kier molecular flexibility index (Phi) is 4.93. The molecule has 1 heterocycles. The van der Waals surface area contributed by atoms with E-state index < -0.39 is 17.9 Å². The summed E-state index contributed by atoms with van der Waals surface area (Å²) in [4.78, 5) is 26.6. The van der Waals surface area contributed by atoms with Gasteiger partial charge in [0.25, 0.3) is 5.91 Å². The van der Waals surface area contributed by atoms with E-state index in [2.05, 4.69) is 10.3 Å². The summed E-state index contributed by atoms with van der Waals surface area (Å²) in [6.07, 6.45) is 0. The first kappa shape index (κ1) is 14.7. The van der Waals surface area contributed by atoms with Crippen LogP contribution in [0.25, 0.3) is 0 Å². The van der Waals surface area contributed by atoms with Crippen LogP contribution in [0.4, 0.5) is 0 Å². The van der Waals surface area contributed by atoms with E-state index in [0.717, 1.165) is 0 Å². The fraction of sp³-hybridized carbons (Fsp3) is 0.364. The number of carbonyl (C=O) groups excluding carboxylic acids is 1. The maximum absolute atomic E-state index is 11.9. The number of pyridine rings is 1. The van der Waals surface area contributed by atoms with Crippen molar-refractivity contribution in [3.8, 4) is 0 Å². The molecule has 0 aliphatic carbocycles. The fourth-order valence-corrected chi connectivity index (χ4v) is 1.64. The summed E-state index contributed by atoms with van der Waals surface area (Å²) in [6, 6.07) is 1.86. The standard InChI is InChI=1S/C11H12Cl2N2O3/c1-5(2)8(11(17)18)15-10(16)9-6(12)3-4-7(13)14-9/h3-5,8H,1-2H3,(H,15,16)(H,17,18)/t8-/m1/s1. The van der Waals surface area contributed by atoms with E-state index in [1.54, 1.807) is 13.8 Å². The highest BCUT2D eigenvalue weighted by Gasteiger charge is 2.25. The summed E-state index contributed by atoms with van der Waals surface area (Å²) in [6.45, 7) is 3.37. The third-order valence-electron chi connectivity index (χ3n) is 2.25. The SMILES string of the molecule is CC(C)[C@@H](NC(=O)c1nc(Cl)ccc1Cl)C(=O)O. The van der Waals surface area contributed by atoms with Crippen molar-refractivity contribution < 1.29 is 14.7 Å². The van der Waals surface area contributed by atoms with Crippen LogP contribution in [-0.4, -0.2) is 28.0 Å². The molecule has 0 spiro atoms. The maximum Gasteiger partial charge on any atom is 0.326 e. The molecular weight excluding hydrogens is 279 g/mol. The second kappa shape index (κ2) is 6.02. The average molecular weight is 291 g/mol. The predicted molar refractivity (Wildman–Crippen MR) is 68.0 cm³/mol. The molecule has 1 atom stereocenters. The zero-order valence-electron chi connectivity index (χ0n) is 9.78. The molecule has 1 aromatic heterocycles. The van der Waals surface area contributed by atoms with Crippen molar-refractivity contribution in [2.24, 2.45) is 5.92 Å². The Morgan fingerprint density at radius 1 is 1.33 bits per heavy atom. The first-order valence-corrected chi connectivity index (χ1v) is 5.94. The summed E-state index contributed by atoms with van der Waals surface area (Å²) in [5.41, 5.74) is -0.0870. The number of rotatable bonds is 4. The number of aromatic nitrogens is 1. The Labute approximate surface area is 114 Å². The van der Waals surface area contributed by atoms with Crippen LogP contribution in [-0.2, 0) is 4.79 Å². The maximum atomic E-state index is 11.9. The number of halogens is 2. The van der Waals surface area contributed by atoms with Crippen LogP contribution in [0.15, 0.2) is 12.1 Å². The Balaban J connectivity index is 2.94. The van der Waals surface area contributed by atoms with E-state index in [1.165, 1.54) is 12.1 Å². The van der Waals surface area contributed by atoms with Gasteiger partial charge in [0.1, 0.15) is 16.9 Å². The van der Waals surface area contributed by atoms with Gasteiger partial charge < -0.3 is 10.4 Å². The molecule has 1 aromatic rings. The first-order chi connectivity index (χ1) is 8.32. The lowest BCUT2D eigenvalue weighted by atomic mass is 10.0. The van der Waals surface area contributed by atoms with E-state index >= 15 is 0 Å². The number of carbonyl (C=O) groups is 2. The van der Waals surface area contributed by atoms with E-state index in [4.69, 9.17) is 28.3 Å². The zero-order chi connectivity index (χ0) is 13.9. The monoisotopic (exact) mass is 290 g/mol. The Morgan fingerprint density at radius 3 is 2.44 bits per heavy atom. The van der Waals surface area contributed by atoms with Crippen LogP contribution in [0.5, 0.6) is 0 Å². The van der Waals surface area contributed by atoms with Gasteiger partial charge in [0, 0.05) is 0 Å². The highest BCUT2D eigenvalue weighted by molar-refractivity contribution is 6.34. The van der Waals surface area contributed by atoms with Crippen LogP contribution in [0.3, 0.4) is 0 Å². The molecule has 7 heteroatoms. The topological polar surface area (TPSA) is 79.3 Å². The van der Waals surface area contributed by atoms with Gasteiger partial charge in [-0.3, -0.25) is 4.79 Å². The number of carboxylic acid groups (broad SMARTS) is 1. The minimum atomic E-state index is -1.11. The van der Waals surface area contributed by atoms with Crippen LogP contribution in [0, 0.1) is 5.92 Å². The molecule has 0 aliphatic rings. The number of aliphatic carboxylic acids is 1. The zero-order valence-corrected chi connectivity index (χ0v) is 11.3. The molecule has 0 aromatic carbocycles. The number of amides is 1. The first-order valence-electron chi connectivity index (χ1n) is 5.18. The molecule has 98 valence electrons. The van der Waals surface area contributed by atoms with E-state index in [1.807, 2.05) is 0 Å². The number of hydrogen-bond donors (Lipinski definition) is 2.